The second-order valence-electron chi connectivity index (χ2n) is 6.16. The largest absolute Gasteiger partial charge is 0.485 e. The number of rotatable bonds is 7. The van der Waals surface area contributed by atoms with Crippen molar-refractivity contribution in [2.45, 2.75) is 25.6 Å². The average Bonchev–Trinajstić information content (AvgIpc) is 3.10. The molecule has 0 spiro atoms. The number of nitrogens with one attached hydrogen (secondary N) is 2. The van der Waals surface area contributed by atoms with Gasteiger partial charge in [-0.25, -0.2) is 4.98 Å². The number of hydrogen-bond donors (Lipinski definition) is 2. The molecule has 29 heavy (non-hydrogen) atoms. The number of amides is 1. The molecule has 3 aromatic rings. The van der Waals surface area contributed by atoms with Crippen LogP contribution in [-0.2, 0) is 11.4 Å². The number of para-hydroxylation sites is 1. The third kappa shape index (κ3) is 5.79. The van der Waals surface area contributed by atoms with Gasteiger partial charge in [-0.1, -0.05) is 64.8 Å². The fourth-order valence-corrected chi connectivity index (χ4v) is 4.07. The van der Waals surface area contributed by atoms with E-state index in [-0.39, 0.29) is 28.3 Å². The molecule has 0 fully saturated rings. The van der Waals surface area contributed by atoms with E-state index in [9.17, 15) is 4.79 Å². The molecule has 0 saturated carbocycles. The highest BCUT2D eigenvalue weighted by Crippen LogP contribution is 2.33. The lowest BCUT2D eigenvalue weighted by atomic mass is 10.1. The third-order valence-electron chi connectivity index (χ3n) is 3.88. The van der Waals surface area contributed by atoms with E-state index < -0.39 is 0 Å². The summed E-state index contributed by atoms with van der Waals surface area (Å²) in [5.41, 5.74) is 2.42. The number of thioether (sulfide) groups is 1. The van der Waals surface area contributed by atoms with Crippen LogP contribution in [0.2, 0.25) is 15.1 Å². The van der Waals surface area contributed by atoms with Crippen LogP contribution in [0.3, 0.4) is 0 Å². The summed E-state index contributed by atoms with van der Waals surface area (Å²) < 4.78 is 5.85. The highest BCUT2D eigenvalue weighted by atomic mass is 35.5. The van der Waals surface area contributed by atoms with Gasteiger partial charge in [-0.15, -0.1) is 5.10 Å². The van der Waals surface area contributed by atoms with Crippen LogP contribution in [0.1, 0.15) is 17.0 Å². The number of carbonyl (C=O) groups excluding carboxylic acids is 1. The molecule has 1 amide bonds. The summed E-state index contributed by atoms with van der Waals surface area (Å²) in [4.78, 5) is 16.5. The maximum absolute atomic E-state index is 12.2. The Morgan fingerprint density at radius 3 is 2.48 bits per heavy atom. The van der Waals surface area contributed by atoms with Crippen molar-refractivity contribution < 1.29 is 9.53 Å². The molecule has 1 aromatic heterocycles. The SMILES string of the molecule is Cc1cccc(C)c1OCc1nc(SCC(=O)Nc2c(Cl)cc(Cl)cc2Cl)n[nH]1. The van der Waals surface area contributed by atoms with Gasteiger partial charge in [0.15, 0.2) is 5.82 Å². The van der Waals surface area contributed by atoms with E-state index in [1.54, 1.807) is 0 Å². The molecule has 2 N–H and O–H groups in total. The lowest BCUT2D eigenvalue weighted by Crippen LogP contribution is -2.14. The number of aromatic amines is 1. The summed E-state index contributed by atoms with van der Waals surface area (Å²) in [6, 6.07) is 8.98. The first-order valence-corrected chi connectivity index (χ1v) is 10.6. The molecule has 3 rings (SSSR count). The van der Waals surface area contributed by atoms with Crippen LogP contribution in [0.5, 0.6) is 5.75 Å². The van der Waals surface area contributed by atoms with Crippen molar-refractivity contribution in [2.24, 2.45) is 0 Å². The number of hydrogen-bond acceptors (Lipinski definition) is 5. The Hall–Kier alpha value is -1.93. The van der Waals surface area contributed by atoms with Crippen molar-refractivity contribution in [3.8, 4) is 5.75 Å². The predicted octanol–water partition coefficient (Wildman–Crippen LogP) is 5.69. The number of H-pyrrole nitrogens is 1. The molecule has 152 valence electrons. The quantitative estimate of drug-likeness (QED) is 0.433. The van der Waals surface area contributed by atoms with Gasteiger partial charge in [0.25, 0.3) is 0 Å². The number of carbonyl (C=O) groups is 1. The smallest absolute Gasteiger partial charge is 0.234 e. The maximum Gasteiger partial charge on any atom is 0.234 e. The van der Waals surface area contributed by atoms with Crippen LogP contribution >= 0.6 is 46.6 Å². The summed E-state index contributed by atoms with van der Waals surface area (Å²) in [6.07, 6.45) is 0. The van der Waals surface area contributed by atoms with Crippen molar-refractivity contribution in [1.82, 2.24) is 15.2 Å². The van der Waals surface area contributed by atoms with Crippen LogP contribution in [-0.4, -0.2) is 26.8 Å². The zero-order valence-electron chi connectivity index (χ0n) is 15.6. The Balaban J connectivity index is 1.53. The molecule has 2 aromatic carbocycles. The van der Waals surface area contributed by atoms with E-state index in [1.165, 1.54) is 23.9 Å². The number of halogens is 3. The standard InChI is InChI=1S/C19H17Cl3N4O2S/c1-10-4-3-5-11(2)18(10)28-8-15-23-19(26-25-15)29-9-16(27)24-17-13(21)6-12(20)7-14(17)22/h3-7H,8-9H2,1-2H3,(H,24,27)(H,23,25,26). The van der Waals surface area contributed by atoms with Gasteiger partial charge in [-0.2, -0.15) is 0 Å². The van der Waals surface area contributed by atoms with Crippen molar-refractivity contribution >= 4 is 58.2 Å². The molecule has 0 bridgehead atoms. The molecular formula is C19H17Cl3N4O2S. The Labute approximate surface area is 187 Å². The zero-order chi connectivity index (χ0) is 21.0. The molecule has 1 heterocycles. The fraction of sp³-hybridized carbons (Fsp3) is 0.211. The summed E-state index contributed by atoms with van der Waals surface area (Å²) >= 11 is 19.2. The Kier molecular flexibility index (Phi) is 7.29. The molecule has 0 atom stereocenters. The van der Waals surface area contributed by atoms with Crippen LogP contribution in [0.15, 0.2) is 35.5 Å². The number of nitrogens with zero attached hydrogens (tertiary/aromatic N) is 2. The second kappa shape index (κ2) is 9.71. The van der Waals surface area contributed by atoms with E-state index in [2.05, 4.69) is 20.5 Å². The van der Waals surface area contributed by atoms with Crippen molar-refractivity contribution in [3.63, 3.8) is 0 Å². The van der Waals surface area contributed by atoms with Crippen LogP contribution in [0, 0.1) is 13.8 Å². The lowest BCUT2D eigenvalue weighted by Gasteiger charge is -2.10. The van der Waals surface area contributed by atoms with Gasteiger partial charge < -0.3 is 10.1 Å². The fourth-order valence-electron chi connectivity index (χ4n) is 2.54. The summed E-state index contributed by atoms with van der Waals surface area (Å²) in [6.45, 7) is 4.23. The van der Waals surface area contributed by atoms with Crippen LogP contribution < -0.4 is 10.1 Å². The maximum atomic E-state index is 12.2. The van der Waals surface area contributed by atoms with E-state index in [1.807, 2.05) is 32.0 Å². The average molecular weight is 472 g/mol. The number of anilines is 1. The zero-order valence-corrected chi connectivity index (χ0v) is 18.6. The van der Waals surface area contributed by atoms with Crippen molar-refractivity contribution in [2.75, 3.05) is 11.1 Å². The van der Waals surface area contributed by atoms with E-state index in [4.69, 9.17) is 39.5 Å². The Bertz CT molecular complexity index is 999. The highest BCUT2D eigenvalue weighted by Gasteiger charge is 2.13. The Morgan fingerprint density at radius 1 is 1.17 bits per heavy atom. The van der Waals surface area contributed by atoms with E-state index in [0.29, 0.717) is 21.7 Å². The topological polar surface area (TPSA) is 79.9 Å². The second-order valence-corrected chi connectivity index (χ2v) is 8.35. The molecule has 10 heteroatoms. The van der Waals surface area contributed by atoms with Gasteiger partial charge in [-0.05, 0) is 37.1 Å². The minimum atomic E-state index is -0.292. The van der Waals surface area contributed by atoms with Gasteiger partial charge in [0, 0.05) is 5.02 Å². The molecule has 0 saturated heterocycles. The molecule has 0 radical (unpaired) electrons. The van der Waals surface area contributed by atoms with Gasteiger partial charge in [0.1, 0.15) is 12.4 Å². The molecule has 0 aliphatic heterocycles. The summed E-state index contributed by atoms with van der Waals surface area (Å²) in [5, 5.41) is 10.9. The van der Waals surface area contributed by atoms with Gasteiger partial charge in [0.2, 0.25) is 11.1 Å². The normalized spacial score (nSPS) is 10.8. The molecule has 0 aliphatic rings. The highest BCUT2D eigenvalue weighted by molar-refractivity contribution is 7.99. The number of aryl methyl sites for hydroxylation is 2. The number of benzene rings is 2. The van der Waals surface area contributed by atoms with E-state index >= 15 is 0 Å². The van der Waals surface area contributed by atoms with Crippen LogP contribution in [0.4, 0.5) is 5.69 Å². The third-order valence-corrected chi connectivity index (χ3v) is 5.54. The number of ether oxygens (including phenoxy) is 1. The summed E-state index contributed by atoms with van der Waals surface area (Å²) in [7, 11) is 0. The predicted molar refractivity (Wildman–Crippen MR) is 117 cm³/mol. The first-order chi connectivity index (χ1) is 13.8. The minimum absolute atomic E-state index is 0.0876. The number of aromatic nitrogens is 3. The van der Waals surface area contributed by atoms with Gasteiger partial charge in [-0.3, -0.25) is 9.89 Å². The van der Waals surface area contributed by atoms with Crippen molar-refractivity contribution in [1.29, 1.82) is 0 Å². The van der Waals surface area contributed by atoms with E-state index in [0.717, 1.165) is 16.9 Å². The van der Waals surface area contributed by atoms with Gasteiger partial charge in [0.05, 0.1) is 21.5 Å². The molecular weight excluding hydrogens is 455 g/mol. The molecule has 6 nitrogen and oxygen atoms in total. The summed E-state index contributed by atoms with van der Waals surface area (Å²) in [5.74, 6) is 1.19. The molecule has 0 aliphatic carbocycles. The Morgan fingerprint density at radius 2 is 1.83 bits per heavy atom. The lowest BCUT2D eigenvalue weighted by molar-refractivity contribution is -0.113. The first-order valence-electron chi connectivity index (χ1n) is 8.51. The molecule has 0 unspecified atom stereocenters. The van der Waals surface area contributed by atoms with Crippen LogP contribution in [0.25, 0.3) is 0 Å². The monoisotopic (exact) mass is 470 g/mol. The van der Waals surface area contributed by atoms with Crippen molar-refractivity contribution in [3.05, 3.63) is 62.4 Å². The van der Waals surface area contributed by atoms with Gasteiger partial charge >= 0.3 is 0 Å². The minimum Gasteiger partial charge on any atom is -0.485 e. The first kappa shape index (κ1) is 21.8.